The van der Waals surface area contributed by atoms with Crippen LogP contribution in [-0.4, -0.2) is 21.5 Å². The number of anilines is 1. The lowest BCUT2D eigenvalue weighted by molar-refractivity contribution is 0.0517. The predicted octanol–water partition coefficient (Wildman–Crippen LogP) is 4.13. The second kappa shape index (κ2) is 6.01. The highest BCUT2D eigenvalue weighted by molar-refractivity contribution is 6.30. The molecule has 0 spiro atoms. The molecule has 22 heavy (non-hydrogen) atoms. The zero-order valence-corrected chi connectivity index (χ0v) is 13.9. The van der Waals surface area contributed by atoms with Crippen LogP contribution >= 0.6 is 11.6 Å². The third kappa shape index (κ3) is 3.42. The number of rotatable bonds is 2. The predicted molar refractivity (Wildman–Crippen MR) is 88.1 cm³/mol. The van der Waals surface area contributed by atoms with E-state index in [4.69, 9.17) is 22.1 Å². The van der Waals surface area contributed by atoms with Crippen LogP contribution in [0.15, 0.2) is 24.3 Å². The van der Waals surface area contributed by atoms with Crippen LogP contribution in [0.3, 0.4) is 0 Å². The van der Waals surface area contributed by atoms with Gasteiger partial charge in [-0.25, -0.2) is 4.79 Å². The molecular weight excluding hydrogens is 302 g/mol. The maximum Gasteiger partial charge on any atom is 0.435 e. The summed E-state index contributed by atoms with van der Waals surface area (Å²) < 4.78 is 6.62. The van der Waals surface area contributed by atoms with Gasteiger partial charge in [0.25, 0.3) is 0 Å². The third-order valence-corrected chi connectivity index (χ3v) is 3.23. The molecule has 0 bridgehead atoms. The van der Waals surface area contributed by atoms with Crippen molar-refractivity contribution in [1.29, 1.82) is 0 Å². The van der Waals surface area contributed by atoms with Gasteiger partial charge in [-0.05, 0) is 39.3 Å². The van der Waals surface area contributed by atoms with Crippen molar-refractivity contribution in [3.8, 4) is 11.3 Å². The average molecular weight is 322 g/mol. The fraction of sp³-hybridized carbons (Fsp3) is 0.375. The molecule has 2 N–H and O–H groups in total. The lowest BCUT2D eigenvalue weighted by Gasteiger charge is -2.19. The van der Waals surface area contributed by atoms with Gasteiger partial charge in [-0.15, -0.1) is 0 Å². The summed E-state index contributed by atoms with van der Waals surface area (Å²) in [6.45, 7) is 7.34. The van der Waals surface area contributed by atoms with E-state index in [-0.39, 0.29) is 0 Å². The fourth-order valence-corrected chi connectivity index (χ4v) is 2.28. The van der Waals surface area contributed by atoms with Crippen LogP contribution in [0.25, 0.3) is 11.3 Å². The number of hydrogen-bond acceptors (Lipinski definition) is 4. The third-order valence-electron chi connectivity index (χ3n) is 3.00. The number of nitrogens with two attached hydrogens (primary N) is 1. The molecule has 0 aliphatic carbocycles. The maximum absolute atomic E-state index is 12.4. The summed E-state index contributed by atoms with van der Waals surface area (Å²) in [6.07, 6.45) is 0.0590. The van der Waals surface area contributed by atoms with Crippen molar-refractivity contribution in [2.75, 3.05) is 5.73 Å². The van der Waals surface area contributed by atoms with Crippen molar-refractivity contribution in [2.45, 2.75) is 39.7 Å². The number of aromatic nitrogens is 2. The van der Waals surface area contributed by atoms with Crippen molar-refractivity contribution in [1.82, 2.24) is 9.78 Å². The smallest absolute Gasteiger partial charge is 0.435 e. The molecule has 0 atom stereocenters. The minimum atomic E-state index is -0.615. The standard InChI is InChI=1S/C16H20ClN3O2/c1-5-12-13(18)14(10-7-6-8-11(17)9-10)20(19-12)15(21)22-16(2,3)4/h6-9H,5,18H2,1-4H3. The normalized spacial score (nSPS) is 11.5. The summed E-state index contributed by atoms with van der Waals surface area (Å²) in [5, 5.41) is 4.85. The Morgan fingerprint density at radius 3 is 2.64 bits per heavy atom. The summed E-state index contributed by atoms with van der Waals surface area (Å²) in [5.74, 6) is 0. The molecule has 1 aromatic carbocycles. The first-order valence-corrected chi connectivity index (χ1v) is 7.47. The summed E-state index contributed by atoms with van der Waals surface area (Å²) in [6, 6.07) is 7.14. The van der Waals surface area contributed by atoms with Crippen molar-refractivity contribution >= 4 is 23.4 Å². The molecule has 0 saturated heterocycles. The SMILES string of the molecule is CCc1nn(C(=O)OC(C)(C)C)c(-c2cccc(Cl)c2)c1N. The molecule has 0 amide bonds. The van der Waals surface area contributed by atoms with Gasteiger partial charge in [0.1, 0.15) is 11.3 Å². The summed E-state index contributed by atoms with van der Waals surface area (Å²) in [7, 11) is 0. The molecule has 0 saturated carbocycles. The van der Waals surface area contributed by atoms with E-state index in [2.05, 4.69) is 5.10 Å². The Hall–Kier alpha value is -2.01. The van der Waals surface area contributed by atoms with Crippen LogP contribution in [0.5, 0.6) is 0 Å². The van der Waals surface area contributed by atoms with Gasteiger partial charge in [0, 0.05) is 10.6 Å². The first kappa shape index (κ1) is 16.4. The van der Waals surface area contributed by atoms with E-state index in [0.29, 0.717) is 28.5 Å². The number of halogens is 1. The van der Waals surface area contributed by atoms with Crippen molar-refractivity contribution < 1.29 is 9.53 Å². The Morgan fingerprint density at radius 2 is 2.09 bits per heavy atom. The Morgan fingerprint density at radius 1 is 1.41 bits per heavy atom. The Bertz CT molecular complexity index is 702. The number of benzene rings is 1. The van der Waals surface area contributed by atoms with Crippen LogP contribution in [0, 0.1) is 0 Å². The Kier molecular flexibility index (Phi) is 4.47. The minimum Gasteiger partial charge on any atom is -0.442 e. The molecule has 2 rings (SSSR count). The number of ether oxygens (including phenoxy) is 1. The molecule has 0 unspecified atom stereocenters. The quantitative estimate of drug-likeness (QED) is 0.902. The van der Waals surface area contributed by atoms with Crippen LogP contribution < -0.4 is 5.73 Å². The van der Waals surface area contributed by atoms with Crippen LogP contribution in [0.1, 0.15) is 33.4 Å². The second-order valence-corrected chi connectivity index (χ2v) is 6.40. The summed E-state index contributed by atoms with van der Waals surface area (Å²) >= 11 is 6.04. The van der Waals surface area contributed by atoms with Gasteiger partial charge < -0.3 is 10.5 Å². The average Bonchev–Trinajstić information content (AvgIpc) is 2.74. The first-order chi connectivity index (χ1) is 10.2. The van der Waals surface area contributed by atoms with Crippen LogP contribution in [-0.2, 0) is 11.2 Å². The van der Waals surface area contributed by atoms with Gasteiger partial charge in [-0.2, -0.15) is 9.78 Å². The lowest BCUT2D eigenvalue weighted by Crippen LogP contribution is -2.28. The van der Waals surface area contributed by atoms with E-state index in [1.807, 2.05) is 13.0 Å². The van der Waals surface area contributed by atoms with E-state index in [1.165, 1.54) is 4.68 Å². The maximum atomic E-state index is 12.4. The van der Waals surface area contributed by atoms with E-state index < -0.39 is 11.7 Å². The molecule has 118 valence electrons. The molecule has 1 heterocycles. The fourth-order valence-electron chi connectivity index (χ4n) is 2.09. The minimum absolute atomic E-state index is 0.468. The van der Waals surface area contributed by atoms with Crippen molar-refractivity contribution in [2.24, 2.45) is 0 Å². The largest absolute Gasteiger partial charge is 0.442 e. The highest BCUT2D eigenvalue weighted by atomic mass is 35.5. The molecule has 2 aromatic rings. The lowest BCUT2D eigenvalue weighted by atomic mass is 10.1. The highest BCUT2D eigenvalue weighted by Crippen LogP contribution is 2.31. The van der Waals surface area contributed by atoms with E-state index in [1.54, 1.807) is 39.0 Å². The zero-order chi connectivity index (χ0) is 16.5. The first-order valence-electron chi connectivity index (χ1n) is 7.09. The number of nitrogens with zero attached hydrogens (tertiary/aromatic N) is 2. The number of carbonyl (C=O) groups is 1. The zero-order valence-electron chi connectivity index (χ0n) is 13.2. The molecule has 5 nitrogen and oxygen atoms in total. The van der Waals surface area contributed by atoms with Gasteiger partial charge in [0.2, 0.25) is 0 Å². The Labute approximate surface area is 135 Å². The van der Waals surface area contributed by atoms with Crippen molar-refractivity contribution in [3.63, 3.8) is 0 Å². The summed E-state index contributed by atoms with van der Waals surface area (Å²) in [4.78, 5) is 12.4. The molecule has 0 radical (unpaired) electrons. The van der Waals surface area contributed by atoms with E-state index >= 15 is 0 Å². The number of nitrogen functional groups attached to an aromatic ring is 1. The molecule has 0 aliphatic rings. The molecule has 1 aromatic heterocycles. The van der Waals surface area contributed by atoms with Gasteiger partial charge in [-0.1, -0.05) is 30.7 Å². The Balaban J connectivity index is 2.57. The van der Waals surface area contributed by atoms with Gasteiger partial charge in [0.15, 0.2) is 0 Å². The molecular formula is C16H20ClN3O2. The highest BCUT2D eigenvalue weighted by Gasteiger charge is 2.25. The summed E-state index contributed by atoms with van der Waals surface area (Å²) in [5.41, 5.74) is 7.90. The van der Waals surface area contributed by atoms with Crippen LogP contribution in [0.4, 0.5) is 10.5 Å². The van der Waals surface area contributed by atoms with Crippen LogP contribution in [0.2, 0.25) is 5.02 Å². The molecule has 0 fully saturated rings. The van der Waals surface area contributed by atoms with Gasteiger partial charge >= 0.3 is 6.09 Å². The number of aryl methyl sites for hydroxylation is 1. The second-order valence-electron chi connectivity index (χ2n) is 5.97. The van der Waals surface area contributed by atoms with E-state index in [0.717, 1.165) is 5.56 Å². The number of carbonyl (C=O) groups excluding carboxylic acids is 1. The topological polar surface area (TPSA) is 70.1 Å². The van der Waals surface area contributed by atoms with Crippen molar-refractivity contribution in [3.05, 3.63) is 35.0 Å². The molecule has 0 aliphatic heterocycles. The van der Waals surface area contributed by atoms with Gasteiger partial charge in [0.05, 0.1) is 11.4 Å². The van der Waals surface area contributed by atoms with E-state index in [9.17, 15) is 4.79 Å². The number of hydrogen-bond donors (Lipinski definition) is 1. The molecule has 6 heteroatoms. The van der Waals surface area contributed by atoms with Gasteiger partial charge in [-0.3, -0.25) is 0 Å². The monoisotopic (exact) mass is 321 g/mol.